The summed E-state index contributed by atoms with van der Waals surface area (Å²) in [4.78, 5) is 23.6. The third-order valence-electron chi connectivity index (χ3n) is 1.92. The molecule has 0 saturated carbocycles. The van der Waals surface area contributed by atoms with Gasteiger partial charge in [-0.2, -0.15) is 13.2 Å². The highest BCUT2D eigenvalue weighted by Gasteiger charge is 2.38. The molecule has 1 unspecified atom stereocenters. The van der Waals surface area contributed by atoms with Gasteiger partial charge in [-0.25, -0.2) is 4.79 Å². The average Bonchev–Trinajstić information content (AvgIpc) is 2.27. The maximum absolute atomic E-state index is 10.6. The van der Waals surface area contributed by atoms with Crippen molar-refractivity contribution < 1.29 is 27.9 Å². The minimum absolute atomic E-state index is 0.343. The van der Waals surface area contributed by atoms with Crippen molar-refractivity contribution in [1.29, 1.82) is 0 Å². The molecule has 0 bridgehead atoms. The number of carboxylic acid groups (broad SMARTS) is 1. The minimum Gasteiger partial charge on any atom is -0.475 e. The maximum Gasteiger partial charge on any atom is 0.490 e. The Morgan fingerprint density at radius 1 is 1.32 bits per heavy atom. The Balaban J connectivity index is 0. The summed E-state index contributed by atoms with van der Waals surface area (Å²) in [6.07, 6.45) is -3.02. The molecule has 112 valence electrons. The van der Waals surface area contributed by atoms with Gasteiger partial charge in [-0.3, -0.25) is 9.79 Å². The van der Waals surface area contributed by atoms with Crippen LogP contribution in [0.4, 0.5) is 13.2 Å². The largest absolute Gasteiger partial charge is 0.490 e. The number of unbranched alkanes of at least 4 members (excludes halogenated alkanes) is 1. The number of hydrogen-bond donors (Lipinski definition) is 3. The first-order valence-electron chi connectivity index (χ1n) is 5.43. The van der Waals surface area contributed by atoms with Crippen LogP contribution in [0.3, 0.4) is 0 Å². The second-order valence-electron chi connectivity index (χ2n) is 3.59. The number of hydrogen-bond acceptors (Lipinski definition) is 3. The molecule has 1 atom stereocenters. The topological polar surface area (TPSA) is 119 Å². The first-order valence-corrected chi connectivity index (χ1v) is 5.43. The summed E-state index contributed by atoms with van der Waals surface area (Å²) in [5.74, 6) is -3.28. The number of rotatable bonds is 5. The smallest absolute Gasteiger partial charge is 0.475 e. The highest BCUT2D eigenvalue weighted by Crippen LogP contribution is 2.13. The lowest BCUT2D eigenvalue weighted by Crippen LogP contribution is -2.33. The van der Waals surface area contributed by atoms with Gasteiger partial charge in [-0.1, -0.05) is 13.3 Å². The van der Waals surface area contributed by atoms with Gasteiger partial charge in [-0.15, -0.1) is 0 Å². The summed E-state index contributed by atoms with van der Waals surface area (Å²) < 4.78 is 31.7. The molecule has 0 spiro atoms. The van der Waals surface area contributed by atoms with Crippen LogP contribution in [0.15, 0.2) is 4.99 Å². The SMILES string of the molecule is CCCCN=C(N)C(C)C(N)=O.O=C(O)C(F)(F)F. The summed E-state index contributed by atoms with van der Waals surface area (Å²) in [7, 11) is 0. The molecular formula is C10H18F3N3O3. The van der Waals surface area contributed by atoms with Crippen LogP contribution >= 0.6 is 0 Å². The Hall–Kier alpha value is -1.80. The van der Waals surface area contributed by atoms with Gasteiger partial charge in [0.25, 0.3) is 0 Å². The third-order valence-corrected chi connectivity index (χ3v) is 1.92. The van der Waals surface area contributed by atoms with E-state index in [-0.39, 0.29) is 0 Å². The van der Waals surface area contributed by atoms with E-state index in [1.165, 1.54) is 0 Å². The normalized spacial score (nSPS) is 13.2. The summed E-state index contributed by atoms with van der Waals surface area (Å²) >= 11 is 0. The molecule has 0 aliphatic carbocycles. The molecule has 0 rings (SSSR count). The second kappa shape index (κ2) is 9.17. The molecule has 0 heterocycles. The molecular weight excluding hydrogens is 267 g/mol. The predicted octanol–water partition coefficient (Wildman–Crippen LogP) is 0.898. The number of aliphatic imine (C=N–C) groups is 1. The molecule has 0 radical (unpaired) electrons. The number of halogens is 3. The van der Waals surface area contributed by atoms with Gasteiger partial charge in [-0.05, 0) is 13.3 Å². The molecule has 0 aliphatic heterocycles. The van der Waals surface area contributed by atoms with Crippen LogP contribution in [0.25, 0.3) is 0 Å². The Labute approximate surface area is 108 Å². The van der Waals surface area contributed by atoms with E-state index in [4.69, 9.17) is 21.4 Å². The van der Waals surface area contributed by atoms with Gasteiger partial charge in [0.15, 0.2) is 0 Å². The second-order valence-corrected chi connectivity index (χ2v) is 3.59. The van der Waals surface area contributed by atoms with Crippen molar-refractivity contribution in [3.8, 4) is 0 Å². The number of carbonyl (C=O) groups is 2. The van der Waals surface area contributed by atoms with Crippen molar-refractivity contribution in [2.24, 2.45) is 22.4 Å². The van der Waals surface area contributed by atoms with Gasteiger partial charge in [0, 0.05) is 6.54 Å². The molecule has 5 N–H and O–H groups in total. The van der Waals surface area contributed by atoms with Crippen molar-refractivity contribution in [2.45, 2.75) is 32.9 Å². The maximum atomic E-state index is 10.6. The van der Waals surface area contributed by atoms with Crippen LogP contribution in [0.2, 0.25) is 0 Å². The summed E-state index contributed by atoms with van der Waals surface area (Å²) in [5.41, 5.74) is 10.5. The number of nitrogens with two attached hydrogens (primary N) is 2. The molecule has 6 nitrogen and oxygen atoms in total. The molecule has 0 aromatic rings. The zero-order valence-corrected chi connectivity index (χ0v) is 10.7. The predicted molar refractivity (Wildman–Crippen MR) is 63.4 cm³/mol. The molecule has 0 saturated heterocycles. The van der Waals surface area contributed by atoms with Crippen molar-refractivity contribution >= 4 is 17.7 Å². The number of nitrogens with zero attached hydrogens (tertiary/aromatic N) is 1. The Kier molecular flexibility index (Phi) is 9.43. The number of aliphatic carboxylic acids is 1. The van der Waals surface area contributed by atoms with Crippen molar-refractivity contribution in [2.75, 3.05) is 6.54 Å². The number of alkyl halides is 3. The van der Waals surface area contributed by atoms with E-state index in [0.29, 0.717) is 12.4 Å². The van der Waals surface area contributed by atoms with Crippen LogP contribution in [0.5, 0.6) is 0 Å². The molecule has 0 aliphatic rings. The number of carbonyl (C=O) groups excluding carboxylic acids is 1. The van der Waals surface area contributed by atoms with Crippen LogP contribution < -0.4 is 11.5 Å². The number of amides is 1. The monoisotopic (exact) mass is 285 g/mol. The highest BCUT2D eigenvalue weighted by atomic mass is 19.4. The summed E-state index contributed by atoms with van der Waals surface area (Å²) in [6, 6.07) is 0. The molecule has 0 aromatic carbocycles. The van der Waals surface area contributed by atoms with E-state index < -0.39 is 24.0 Å². The Bertz CT molecular complexity index is 330. The van der Waals surface area contributed by atoms with E-state index in [9.17, 15) is 18.0 Å². The lowest BCUT2D eigenvalue weighted by Gasteiger charge is -2.05. The highest BCUT2D eigenvalue weighted by molar-refractivity contribution is 6.01. The van der Waals surface area contributed by atoms with E-state index in [1.54, 1.807) is 6.92 Å². The summed E-state index contributed by atoms with van der Waals surface area (Å²) in [5, 5.41) is 7.12. The lowest BCUT2D eigenvalue weighted by molar-refractivity contribution is -0.192. The van der Waals surface area contributed by atoms with E-state index in [1.807, 2.05) is 0 Å². The van der Waals surface area contributed by atoms with E-state index in [0.717, 1.165) is 12.8 Å². The molecule has 0 aromatic heterocycles. The van der Waals surface area contributed by atoms with Gasteiger partial charge in [0.2, 0.25) is 5.91 Å². The number of primary amides is 1. The fraction of sp³-hybridized carbons (Fsp3) is 0.700. The number of amidine groups is 1. The van der Waals surface area contributed by atoms with Crippen LogP contribution in [0, 0.1) is 5.92 Å². The first-order chi connectivity index (χ1) is 8.53. The number of carboxylic acids is 1. The summed E-state index contributed by atoms with van der Waals surface area (Å²) in [6.45, 7) is 4.41. The van der Waals surface area contributed by atoms with Gasteiger partial charge >= 0.3 is 12.1 Å². The van der Waals surface area contributed by atoms with Crippen molar-refractivity contribution in [3.05, 3.63) is 0 Å². The molecule has 1 amide bonds. The van der Waals surface area contributed by atoms with Crippen molar-refractivity contribution in [1.82, 2.24) is 0 Å². The van der Waals surface area contributed by atoms with Gasteiger partial charge in [0.05, 0.1) is 5.92 Å². The quantitative estimate of drug-likeness (QED) is 0.395. The molecule has 0 fully saturated rings. The van der Waals surface area contributed by atoms with Gasteiger partial charge < -0.3 is 16.6 Å². The van der Waals surface area contributed by atoms with E-state index in [2.05, 4.69) is 11.9 Å². The standard InChI is InChI=1S/C8H17N3O.C2HF3O2/c1-3-4-5-11-7(9)6(2)8(10)12;3-2(4,5)1(6)7/h6H,3-5H2,1-2H3,(H2,9,11)(H2,10,12);(H,6,7). The molecule has 19 heavy (non-hydrogen) atoms. The zero-order valence-electron chi connectivity index (χ0n) is 10.7. The fourth-order valence-corrected chi connectivity index (χ4v) is 0.649. The first kappa shape index (κ1) is 19.5. The lowest BCUT2D eigenvalue weighted by atomic mass is 10.1. The van der Waals surface area contributed by atoms with Crippen LogP contribution in [0.1, 0.15) is 26.7 Å². The average molecular weight is 285 g/mol. The van der Waals surface area contributed by atoms with E-state index >= 15 is 0 Å². The van der Waals surface area contributed by atoms with Gasteiger partial charge in [0.1, 0.15) is 5.84 Å². The zero-order chi connectivity index (χ0) is 15.6. The fourth-order valence-electron chi connectivity index (χ4n) is 0.649. The minimum atomic E-state index is -5.08. The Morgan fingerprint density at radius 3 is 2.00 bits per heavy atom. The van der Waals surface area contributed by atoms with Crippen LogP contribution in [-0.2, 0) is 9.59 Å². The third kappa shape index (κ3) is 11.0. The van der Waals surface area contributed by atoms with Crippen molar-refractivity contribution in [3.63, 3.8) is 0 Å². The Morgan fingerprint density at radius 2 is 1.74 bits per heavy atom. The van der Waals surface area contributed by atoms with Crippen LogP contribution in [-0.4, -0.2) is 35.5 Å². The molecule has 9 heteroatoms.